The average molecular weight is 194 g/mol. The molecule has 0 aliphatic rings. The minimum Gasteiger partial charge on any atom is -0.478 e. The van der Waals surface area contributed by atoms with Crippen LogP contribution in [-0.4, -0.2) is 22.2 Å². The first-order chi connectivity index (χ1) is 6.54. The Morgan fingerprint density at radius 3 is 1.29 bits per heavy atom. The third-order valence-corrected chi connectivity index (χ3v) is 0.601. The molecule has 6 heteroatoms. The number of allylic oxidation sites excluding steroid dienone is 2. The first-order valence-corrected chi connectivity index (χ1v) is 3.12. The zero-order valence-electron chi connectivity index (χ0n) is 6.91. The summed E-state index contributed by atoms with van der Waals surface area (Å²) in [7, 11) is 0. The van der Waals surface area contributed by atoms with E-state index in [4.69, 9.17) is 20.7 Å². The maximum absolute atomic E-state index is 9.52. The van der Waals surface area contributed by atoms with Gasteiger partial charge in [-0.1, -0.05) is 0 Å². The molecule has 0 fully saturated rings. The zero-order chi connectivity index (χ0) is 11.4. The van der Waals surface area contributed by atoms with E-state index in [1.54, 1.807) is 0 Å². The number of aliphatic carboxylic acids is 2. The standard InChI is InChI=1S/2C4H3NO2/c2*5-3-1-2-4(6)7/h2*1-2H,(H,6,7). The average Bonchev–Trinajstić information content (AvgIpc) is 2.12. The lowest BCUT2D eigenvalue weighted by Crippen LogP contribution is -1.83. The van der Waals surface area contributed by atoms with E-state index in [1.165, 1.54) is 12.1 Å². The van der Waals surface area contributed by atoms with Crippen LogP contribution in [0.1, 0.15) is 0 Å². The molecule has 0 aliphatic carbocycles. The highest BCUT2D eigenvalue weighted by atomic mass is 16.4. The smallest absolute Gasteiger partial charge is 0.329 e. The number of carboxylic acids is 2. The summed E-state index contributed by atoms with van der Waals surface area (Å²) in [5.74, 6) is -2.19. The molecule has 0 aromatic rings. The van der Waals surface area contributed by atoms with Crippen molar-refractivity contribution in [2.75, 3.05) is 0 Å². The third-order valence-electron chi connectivity index (χ3n) is 0.601. The molecule has 14 heavy (non-hydrogen) atoms. The van der Waals surface area contributed by atoms with Crippen LogP contribution in [0.25, 0.3) is 0 Å². The van der Waals surface area contributed by atoms with Gasteiger partial charge in [-0.15, -0.1) is 0 Å². The number of carboxylic acid groups (broad SMARTS) is 2. The third kappa shape index (κ3) is 22.7. The van der Waals surface area contributed by atoms with Crippen molar-refractivity contribution in [2.24, 2.45) is 0 Å². The van der Waals surface area contributed by atoms with Crippen LogP contribution >= 0.6 is 0 Å². The molecule has 0 amide bonds. The van der Waals surface area contributed by atoms with Gasteiger partial charge in [0.05, 0.1) is 12.1 Å². The van der Waals surface area contributed by atoms with Gasteiger partial charge in [-0.3, -0.25) is 0 Å². The van der Waals surface area contributed by atoms with Gasteiger partial charge in [0.25, 0.3) is 0 Å². The van der Waals surface area contributed by atoms with Crippen molar-refractivity contribution < 1.29 is 19.8 Å². The van der Waals surface area contributed by atoms with Crippen molar-refractivity contribution in [3.63, 3.8) is 0 Å². The Morgan fingerprint density at radius 1 is 0.929 bits per heavy atom. The molecule has 0 rings (SSSR count). The molecule has 0 heterocycles. The number of nitriles is 2. The first-order valence-electron chi connectivity index (χ1n) is 3.12. The molecular formula is C8H6N2O4. The van der Waals surface area contributed by atoms with Crippen molar-refractivity contribution in [3.05, 3.63) is 24.3 Å². The van der Waals surface area contributed by atoms with Crippen LogP contribution in [0.15, 0.2) is 24.3 Å². The zero-order valence-corrected chi connectivity index (χ0v) is 6.91. The second-order valence-electron chi connectivity index (χ2n) is 1.60. The molecule has 0 radical (unpaired) electrons. The van der Waals surface area contributed by atoms with Gasteiger partial charge >= 0.3 is 11.9 Å². The highest BCUT2D eigenvalue weighted by molar-refractivity contribution is 5.80. The van der Waals surface area contributed by atoms with Gasteiger partial charge in [-0.2, -0.15) is 10.5 Å². The summed E-state index contributed by atoms with van der Waals surface area (Å²) in [6.07, 6.45) is 3.37. The summed E-state index contributed by atoms with van der Waals surface area (Å²) in [4.78, 5) is 19.0. The Hall–Kier alpha value is -2.60. The van der Waals surface area contributed by atoms with Gasteiger partial charge in [-0.05, 0) is 0 Å². The summed E-state index contributed by atoms with van der Waals surface area (Å²) in [6, 6.07) is 3.08. The highest BCUT2D eigenvalue weighted by Crippen LogP contribution is 1.66. The molecule has 2 N–H and O–H groups in total. The van der Waals surface area contributed by atoms with E-state index < -0.39 is 11.9 Å². The number of hydrogen-bond donors (Lipinski definition) is 2. The number of hydrogen-bond acceptors (Lipinski definition) is 4. The van der Waals surface area contributed by atoms with Crippen LogP contribution in [0, 0.1) is 22.7 Å². The fourth-order valence-corrected chi connectivity index (χ4v) is 0.217. The second kappa shape index (κ2) is 10.4. The van der Waals surface area contributed by atoms with Crippen LogP contribution in [0.2, 0.25) is 0 Å². The molecule has 0 atom stereocenters. The topological polar surface area (TPSA) is 122 Å². The van der Waals surface area contributed by atoms with Crippen molar-refractivity contribution in [1.29, 1.82) is 10.5 Å². The predicted molar refractivity (Wildman–Crippen MR) is 44.8 cm³/mol. The van der Waals surface area contributed by atoms with Gasteiger partial charge in [0, 0.05) is 24.3 Å². The molecule has 0 aliphatic heterocycles. The molecule has 0 unspecified atom stereocenters. The predicted octanol–water partition coefficient (Wildman–Crippen LogP) is 0.302. The largest absolute Gasteiger partial charge is 0.478 e. The van der Waals surface area contributed by atoms with Crippen molar-refractivity contribution >= 4 is 11.9 Å². The van der Waals surface area contributed by atoms with Crippen LogP contribution in [0.3, 0.4) is 0 Å². The molecule has 0 saturated carbocycles. The Morgan fingerprint density at radius 2 is 1.21 bits per heavy atom. The van der Waals surface area contributed by atoms with E-state index in [0.29, 0.717) is 0 Å². The summed E-state index contributed by atoms with van der Waals surface area (Å²) in [5.41, 5.74) is 0. The first kappa shape index (κ1) is 14.0. The lowest BCUT2D eigenvalue weighted by Gasteiger charge is -1.67. The minimum absolute atomic E-state index is 0.778. The number of rotatable bonds is 2. The van der Waals surface area contributed by atoms with Gasteiger partial charge in [0.15, 0.2) is 0 Å². The second-order valence-corrected chi connectivity index (χ2v) is 1.60. The van der Waals surface area contributed by atoms with Gasteiger partial charge in [0.2, 0.25) is 0 Å². The van der Waals surface area contributed by atoms with E-state index >= 15 is 0 Å². The summed E-state index contributed by atoms with van der Waals surface area (Å²) in [5, 5.41) is 31.0. The Balaban J connectivity index is 0. The maximum Gasteiger partial charge on any atom is 0.329 e. The molecule has 0 saturated heterocycles. The SMILES string of the molecule is N#CC=CC(=O)O.N#CC=CC(=O)O. The van der Waals surface area contributed by atoms with Crippen LogP contribution < -0.4 is 0 Å². The summed E-state index contributed by atoms with van der Waals surface area (Å²) >= 11 is 0. The molecule has 0 spiro atoms. The van der Waals surface area contributed by atoms with E-state index in [0.717, 1.165) is 24.3 Å². The van der Waals surface area contributed by atoms with Gasteiger partial charge in [0.1, 0.15) is 0 Å². The Bertz CT molecular complexity index is 296. The minimum atomic E-state index is -1.10. The van der Waals surface area contributed by atoms with Gasteiger partial charge in [-0.25, -0.2) is 9.59 Å². The van der Waals surface area contributed by atoms with Crippen molar-refractivity contribution in [1.82, 2.24) is 0 Å². The van der Waals surface area contributed by atoms with E-state index in [1.807, 2.05) is 0 Å². The van der Waals surface area contributed by atoms with E-state index in [2.05, 4.69) is 0 Å². The van der Waals surface area contributed by atoms with E-state index in [9.17, 15) is 9.59 Å². The normalized spacial score (nSPS) is 8.43. The number of carbonyl (C=O) groups is 2. The molecule has 72 valence electrons. The monoisotopic (exact) mass is 194 g/mol. The van der Waals surface area contributed by atoms with Crippen LogP contribution in [0.5, 0.6) is 0 Å². The lowest BCUT2D eigenvalue weighted by molar-refractivity contribution is -0.132. The molecule has 0 aromatic carbocycles. The van der Waals surface area contributed by atoms with Gasteiger partial charge < -0.3 is 10.2 Å². The fourth-order valence-electron chi connectivity index (χ4n) is 0.217. The molecule has 6 nitrogen and oxygen atoms in total. The fraction of sp³-hybridized carbons (Fsp3) is 0. The maximum atomic E-state index is 9.52. The Labute approximate surface area is 79.6 Å². The van der Waals surface area contributed by atoms with Crippen molar-refractivity contribution in [2.45, 2.75) is 0 Å². The lowest BCUT2D eigenvalue weighted by atomic mass is 10.5. The number of nitrogens with zero attached hydrogens (tertiary/aromatic N) is 2. The van der Waals surface area contributed by atoms with Crippen molar-refractivity contribution in [3.8, 4) is 12.1 Å². The molecule has 0 aromatic heterocycles. The Kier molecular flexibility index (Phi) is 10.4. The van der Waals surface area contributed by atoms with Crippen LogP contribution in [-0.2, 0) is 9.59 Å². The molecule has 0 bridgehead atoms. The summed E-state index contributed by atoms with van der Waals surface area (Å²) < 4.78 is 0. The highest BCUT2D eigenvalue weighted by Gasteiger charge is 1.79. The quantitative estimate of drug-likeness (QED) is 0.481. The molecular weight excluding hydrogens is 188 g/mol. The van der Waals surface area contributed by atoms with Crippen LogP contribution in [0.4, 0.5) is 0 Å². The van der Waals surface area contributed by atoms with E-state index in [-0.39, 0.29) is 0 Å². The summed E-state index contributed by atoms with van der Waals surface area (Å²) in [6.45, 7) is 0.